The summed E-state index contributed by atoms with van der Waals surface area (Å²) in [7, 11) is 0. The van der Waals surface area contributed by atoms with Gasteiger partial charge in [0.15, 0.2) is 5.82 Å². The Hall–Kier alpha value is -4.37. The lowest BCUT2D eigenvalue weighted by molar-refractivity contribution is 0.102. The number of ether oxygens (including phenoxy) is 1. The van der Waals surface area contributed by atoms with Crippen molar-refractivity contribution in [3.63, 3.8) is 0 Å². The number of nitrogens with one attached hydrogen (secondary N) is 2. The van der Waals surface area contributed by atoms with Crippen LogP contribution in [0.5, 0.6) is 0 Å². The molecule has 0 aliphatic rings. The van der Waals surface area contributed by atoms with Gasteiger partial charge in [0, 0.05) is 35.1 Å². The predicted molar refractivity (Wildman–Crippen MR) is 129 cm³/mol. The molecule has 0 aliphatic carbocycles. The van der Waals surface area contributed by atoms with Crippen molar-refractivity contribution in [3.05, 3.63) is 101 Å². The fraction of sp³-hybridized carbons (Fsp3) is 0.0833. The van der Waals surface area contributed by atoms with Gasteiger partial charge in [-0.05, 0) is 42.0 Å². The summed E-state index contributed by atoms with van der Waals surface area (Å²) in [4.78, 5) is 28.5. The van der Waals surface area contributed by atoms with Gasteiger partial charge in [0.2, 0.25) is 0 Å². The van der Waals surface area contributed by atoms with Gasteiger partial charge >= 0.3 is 6.09 Å². The van der Waals surface area contributed by atoms with E-state index in [0.717, 1.165) is 16.8 Å². The summed E-state index contributed by atoms with van der Waals surface area (Å²) in [6, 6.07) is 17.5. The first-order valence-electron chi connectivity index (χ1n) is 10.3. The van der Waals surface area contributed by atoms with Crippen molar-refractivity contribution < 1.29 is 14.3 Å². The van der Waals surface area contributed by atoms with Crippen LogP contribution in [0.4, 0.5) is 16.3 Å². The number of rotatable bonds is 7. The highest BCUT2D eigenvalue weighted by molar-refractivity contribution is 6.30. The number of nitrogens with two attached hydrogens (primary N) is 1. The van der Waals surface area contributed by atoms with E-state index in [2.05, 4.69) is 20.7 Å². The highest BCUT2D eigenvalue weighted by Crippen LogP contribution is 2.21. The summed E-state index contributed by atoms with van der Waals surface area (Å²) < 4.78 is 6.69. The lowest BCUT2D eigenvalue weighted by atomic mass is 10.1. The van der Waals surface area contributed by atoms with E-state index < -0.39 is 6.09 Å². The SMILES string of the molecule is Nc1cn(-c2cccc(Cl)c2)nc1NC(=O)c1ccc(CNC(=O)OCc2cccnc2)cc1. The van der Waals surface area contributed by atoms with Crippen LogP contribution in [0.3, 0.4) is 0 Å². The van der Waals surface area contributed by atoms with Crippen LogP contribution in [0, 0.1) is 0 Å². The number of hydrogen-bond acceptors (Lipinski definition) is 6. The second-order valence-electron chi connectivity index (χ2n) is 7.30. The Morgan fingerprint density at radius 1 is 1.06 bits per heavy atom. The Kier molecular flexibility index (Phi) is 7.04. The molecule has 2 aromatic heterocycles. The predicted octanol–water partition coefficient (Wildman–Crippen LogP) is 4.18. The average molecular weight is 477 g/mol. The molecule has 0 spiro atoms. The van der Waals surface area contributed by atoms with Gasteiger partial charge in [-0.2, -0.15) is 0 Å². The molecular weight excluding hydrogens is 456 g/mol. The zero-order valence-electron chi connectivity index (χ0n) is 17.9. The van der Waals surface area contributed by atoms with Crippen LogP contribution < -0.4 is 16.4 Å². The molecule has 34 heavy (non-hydrogen) atoms. The van der Waals surface area contributed by atoms with E-state index in [4.69, 9.17) is 22.1 Å². The molecule has 2 heterocycles. The molecule has 0 radical (unpaired) electrons. The number of nitrogens with zero attached hydrogens (tertiary/aromatic N) is 3. The number of aromatic nitrogens is 3. The third-order valence-electron chi connectivity index (χ3n) is 4.79. The number of anilines is 2. The zero-order chi connectivity index (χ0) is 23.9. The standard InChI is InChI=1S/C24H21ClN6O3/c25-19-4-1-5-20(11-19)31-14-21(26)22(30-31)29-23(32)18-8-6-16(7-9-18)13-28-24(33)34-15-17-3-2-10-27-12-17/h1-12,14H,13,15,26H2,(H,28,33)(H,29,30,32). The Morgan fingerprint density at radius 3 is 2.62 bits per heavy atom. The van der Waals surface area contributed by atoms with Crippen molar-refractivity contribution in [2.75, 3.05) is 11.1 Å². The molecule has 0 unspecified atom stereocenters. The van der Waals surface area contributed by atoms with Gasteiger partial charge < -0.3 is 21.1 Å². The number of alkyl carbamates (subject to hydrolysis) is 1. The molecule has 4 N–H and O–H groups in total. The monoisotopic (exact) mass is 476 g/mol. The molecule has 0 aliphatic heterocycles. The minimum Gasteiger partial charge on any atom is -0.445 e. The molecule has 0 saturated heterocycles. The van der Waals surface area contributed by atoms with Crippen molar-refractivity contribution in [3.8, 4) is 5.69 Å². The van der Waals surface area contributed by atoms with Crippen LogP contribution in [0.25, 0.3) is 5.69 Å². The van der Waals surface area contributed by atoms with Crippen LogP contribution in [0.2, 0.25) is 5.02 Å². The molecule has 172 valence electrons. The van der Waals surface area contributed by atoms with Crippen LogP contribution >= 0.6 is 11.6 Å². The Morgan fingerprint density at radius 2 is 1.88 bits per heavy atom. The number of halogens is 1. The maximum Gasteiger partial charge on any atom is 0.407 e. The summed E-state index contributed by atoms with van der Waals surface area (Å²) in [5.41, 5.74) is 9.07. The smallest absolute Gasteiger partial charge is 0.407 e. The van der Waals surface area contributed by atoms with Crippen LogP contribution in [-0.2, 0) is 17.9 Å². The average Bonchev–Trinajstić information content (AvgIpc) is 3.22. The molecule has 0 saturated carbocycles. The fourth-order valence-electron chi connectivity index (χ4n) is 3.05. The molecule has 2 amide bonds. The lowest BCUT2D eigenvalue weighted by Gasteiger charge is -2.08. The van der Waals surface area contributed by atoms with Gasteiger partial charge in [-0.15, -0.1) is 5.10 Å². The fourth-order valence-corrected chi connectivity index (χ4v) is 3.23. The van der Waals surface area contributed by atoms with Crippen molar-refractivity contribution in [2.45, 2.75) is 13.2 Å². The van der Waals surface area contributed by atoms with E-state index in [1.165, 1.54) is 0 Å². The number of carbonyl (C=O) groups excluding carboxylic acids is 2. The summed E-state index contributed by atoms with van der Waals surface area (Å²) in [6.07, 6.45) is 4.34. The first kappa shape index (κ1) is 22.8. The van der Waals surface area contributed by atoms with Crippen molar-refractivity contribution in [2.24, 2.45) is 0 Å². The lowest BCUT2D eigenvalue weighted by Crippen LogP contribution is -2.23. The zero-order valence-corrected chi connectivity index (χ0v) is 18.7. The summed E-state index contributed by atoms with van der Waals surface area (Å²) in [5, 5.41) is 10.3. The van der Waals surface area contributed by atoms with Crippen LogP contribution in [0.1, 0.15) is 21.5 Å². The van der Waals surface area contributed by atoms with E-state index in [-0.39, 0.29) is 24.9 Å². The summed E-state index contributed by atoms with van der Waals surface area (Å²) in [6.45, 7) is 0.389. The van der Waals surface area contributed by atoms with Crippen molar-refractivity contribution >= 4 is 35.1 Å². The molecule has 9 nitrogen and oxygen atoms in total. The van der Waals surface area contributed by atoms with Gasteiger partial charge in [-0.1, -0.05) is 35.9 Å². The second-order valence-corrected chi connectivity index (χ2v) is 7.74. The molecule has 0 fully saturated rings. The van der Waals surface area contributed by atoms with E-state index in [9.17, 15) is 9.59 Å². The van der Waals surface area contributed by atoms with Crippen molar-refractivity contribution in [1.29, 1.82) is 0 Å². The molecule has 0 atom stereocenters. The Bertz CT molecular complexity index is 1290. The van der Waals surface area contributed by atoms with Crippen LogP contribution in [0.15, 0.2) is 79.3 Å². The van der Waals surface area contributed by atoms with Crippen LogP contribution in [-0.4, -0.2) is 26.8 Å². The van der Waals surface area contributed by atoms with E-state index >= 15 is 0 Å². The van der Waals surface area contributed by atoms with E-state index in [1.807, 2.05) is 12.1 Å². The third-order valence-corrected chi connectivity index (χ3v) is 5.03. The molecule has 2 aromatic carbocycles. The first-order valence-corrected chi connectivity index (χ1v) is 10.7. The van der Waals surface area contributed by atoms with E-state index in [0.29, 0.717) is 16.3 Å². The number of benzene rings is 2. The highest BCUT2D eigenvalue weighted by Gasteiger charge is 2.13. The summed E-state index contributed by atoms with van der Waals surface area (Å²) in [5.74, 6) is -0.120. The first-order chi connectivity index (χ1) is 16.5. The van der Waals surface area contributed by atoms with Gasteiger partial charge in [0.25, 0.3) is 5.91 Å². The highest BCUT2D eigenvalue weighted by atomic mass is 35.5. The number of hydrogen-bond donors (Lipinski definition) is 3. The van der Waals surface area contributed by atoms with Gasteiger partial charge in [0.05, 0.1) is 17.6 Å². The number of nitrogen functional groups attached to an aromatic ring is 1. The minimum atomic E-state index is -0.545. The molecular formula is C24H21ClN6O3. The maximum atomic E-state index is 12.6. The third kappa shape index (κ3) is 5.90. The Labute approximate surface area is 200 Å². The molecule has 10 heteroatoms. The van der Waals surface area contributed by atoms with Gasteiger partial charge in [-0.25, -0.2) is 9.48 Å². The van der Waals surface area contributed by atoms with Crippen molar-refractivity contribution in [1.82, 2.24) is 20.1 Å². The largest absolute Gasteiger partial charge is 0.445 e. The quantitative estimate of drug-likeness (QED) is 0.367. The molecule has 0 bridgehead atoms. The number of carbonyl (C=O) groups is 2. The maximum absolute atomic E-state index is 12.6. The normalized spacial score (nSPS) is 10.5. The number of amides is 2. The topological polar surface area (TPSA) is 124 Å². The molecule has 4 aromatic rings. The van der Waals surface area contributed by atoms with Gasteiger partial charge in [0.1, 0.15) is 6.61 Å². The minimum absolute atomic E-state index is 0.134. The number of pyridine rings is 1. The second kappa shape index (κ2) is 10.5. The summed E-state index contributed by atoms with van der Waals surface area (Å²) >= 11 is 6.02. The molecule has 4 rings (SSSR count). The van der Waals surface area contributed by atoms with Gasteiger partial charge in [-0.3, -0.25) is 9.78 Å². The van der Waals surface area contributed by atoms with E-state index in [1.54, 1.807) is 71.8 Å². The Balaban J connectivity index is 1.30.